The van der Waals surface area contributed by atoms with Crippen molar-refractivity contribution in [1.82, 2.24) is 9.80 Å². The van der Waals surface area contributed by atoms with Crippen molar-refractivity contribution in [3.05, 3.63) is 73.5 Å². The number of hydrogen-bond acceptors (Lipinski definition) is 4. The number of benzene rings is 2. The highest BCUT2D eigenvalue weighted by Crippen LogP contribution is 2.26. The third-order valence-corrected chi connectivity index (χ3v) is 5.17. The predicted octanol–water partition coefficient (Wildman–Crippen LogP) is 4.00. The van der Waals surface area contributed by atoms with Gasteiger partial charge in [-0.3, -0.25) is 19.8 Å². The van der Waals surface area contributed by atoms with Crippen LogP contribution in [0.15, 0.2) is 36.4 Å². The predicted molar refractivity (Wildman–Crippen MR) is 101 cm³/mol. The third-order valence-electron chi connectivity index (χ3n) is 4.49. The lowest BCUT2D eigenvalue weighted by molar-refractivity contribution is -0.384. The average Bonchev–Trinajstić information content (AvgIpc) is 2.65. The summed E-state index contributed by atoms with van der Waals surface area (Å²) in [5.74, 6) is -0.646. The Hall–Kier alpha value is -2.22. The van der Waals surface area contributed by atoms with Gasteiger partial charge in [-0.15, -0.1) is 0 Å². The normalized spacial score (nSPS) is 15.0. The Morgan fingerprint density at radius 2 is 1.81 bits per heavy atom. The molecule has 3 rings (SSSR count). The van der Waals surface area contributed by atoms with Crippen LogP contribution in [0.25, 0.3) is 0 Å². The maximum absolute atomic E-state index is 13.9. The van der Waals surface area contributed by atoms with Crippen LogP contribution in [0.1, 0.15) is 15.9 Å². The molecule has 1 aliphatic heterocycles. The number of nitro groups is 1. The minimum absolute atomic E-state index is 0.0110. The first-order chi connectivity index (χ1) is 12.9. The molecule has 1 amide bonds. The highest BCUT2D eigenvalue weighted by atomic mass is 35.5. The minimum Gasteiger partial charge on any atom is -0.336 e. The van der Waals surface area contributed by atoms with E-state index < -0.39 is 4.92 Å². The second-order valence-electron chi connectivity index (χ2n) is 6.19. The number of halogens is 3. The van der Waals surface area contributed by atoms with Gasteiger partial charge in [-0.1, -0.05) is 29.3 Å². The summed E-state index contributed by atoms with van der Waals surface area (Å²) < 4.78 is 13.9. The molecule has 142 valence electrons. The highest BCUT2D eigenvalue weighted by molar-refractivity contribution is 6.32. The van der Waals surface area contributed by atoms with E-state index in [-0.39, 0.29) is 28.0 Å². The molecular formula is C18H16Cl2FN3O3. The van der Waals surface area contributed by atoms with Crippen molar-refractivity contribution in [2.24, 2.45) is 0 Å². The second kappa shape index (κ2) is 8.21. The van der Waals surface area contributed by atoms with Crippen molar-refractivity contribution < 1.29 is 14.1 Å². The SMILES string of the molecule is O=C(c1ccc(Cl)c([N+](=O)[O-])c1)N1CCN(Cc2c(F)cccc2Cl)CC1. The number of carbonyl (C=O) groups is 1. The molecule has 1 heterocycles. The summed E-state index contributed by atoms with van der Waals surface area (Å²) in [6.07, 6.45) is 0. The maximum Gasteiger partial charge on any atom is 0.288 e. The van der Waals surface area contributed by atoms with Gasteiger partial charge in [-0.05, 0) is 24.3 Å². The van der Waals surface area contributed by atoms with Crippen LogP contribution in [-0.4, -0.2) is 46.8 Å². The molecule has 2 aromatic rings. The highest BCUT2D eigenvalue weighted by Gasteiger charge is 2.25. The van der Waals surface area contributed by atoms with Crippen LogP contribution in [0, 0.1) is 15.9 Å². The Morgan fingerprint density at radius 3 is 2.44 bits per heavy atom. The van der Waals surface area contributed by atoms with Crippen LogP contribution in [-0.2, 0) is 6.54 Å². The molecule has 1 saturated heterocycles. The van der Waals surface area contributed by atoms with Gasteiger partial charge in [-0.25, -0.2) is 4.39 Å². The zero-order valence-corrected chi connectivity index (χ0v) is 15.7. The number of piperazine rings is 1. The summed E-state index contributed by atoms with van der Waals surface area (Å²) in [5, 5.41) is 11.4. The Labute approximate surface area is 165 Å². The number of amides is 1. The molecule has 2 aromatic carbocycles. The lowest BCUT2D eigenvalue weighted by Crippen LogP contribution is -2.48. The van der Waals surface area contributed by atoms with Gasteiger partial charge in [0.2, 0.25) is 0 Å². The molecule has 0 bridgehead atoms. The molecule has 1 fully saturated rings. The number of nitro benzene ring substituents is 1. The molecule has 0 radical (unpaired) electrons. The second-order valence-corrected chi connectivity index (χ2v) is 7.01. The fraction of sp³-hybridized carbons (Fsp3) is 0.278. The lowest BCUT2D eigenvalue weighted by atomic mass is 10.1. The van der Waals surface area contributed by atoms with Crippen LogP contribution < -0.4 is 0 Å². The van der Waals surface area contributed by atoms with Crippen LogP contribution in [0.5, 0.6) is 0 Å². The smallest absolute Gasteiger partial charge is 0.288 e. The van der Waals surface area contributed by atoms with Gasteiger partial charge in [0.05, 0.1) is 4.92 Å². The largest absolute Gasteiger partial charge is 0.336 e. The van der Waals surface area contributed by atoms with Crippen molar-refractivity contribution in [3.8, 4) is 0 Å². The summed E-state index contributed by atoms with van der Waals surface area (Å²) in [5.41, 5.74) is 0.360. The summed E-state index contributed by atoms with van der Waals surface area (Å²) in [7, 11) is 0. The molecule has 27 heavy (non-hydrogen) atoms. The van der Waals surface area contributed by atoms with Crippen LogP contribution in [0.2, 0.25) is 10.0 Å². The molecular weight excluding hydrogens is 396 g/mol. The van der Waals surface area contributed by atoms with Crippen molar-refractivity contribution >= 4 is 34.8 Å². The van der Waals surface area contributed by atoms with E-state index in [2.05, 4.69) is 0 Å². The number of carbonyl (C=O) groups excluding carboxylic acids is 1. The first-order valence-corrected chi connectivity index (χ1v) is 9.01. The maximum atomic E-state index is 13.9. The molecule has 0 spiro atoms. The van der Waals surface area contributed by atoms with E-state index in [1.807, 2.05) is 4.90 Å². The summed E-state index contributed by atoms with van der Waals surface area (Å²) in [6.45, 7) is 2.32. The van der Waals surface area contributed by atoms with E-state index in [1.165, 1.54) is 24.3 Å². The van der Waals surface area contributed by atoms with Gasteiger partial charge in [-0.2, -0.15) is 0 Å². The van der Waals surface area contributed by atoms with Crippen molar-refractivity contribution in [2.75, 3.05) is 26.2 Å². The molecule has 0 atom stereocenters. The molecule has 1 aliphatic rings. The first kappa shape index (κ1) is 19.5. The molecule has 0 aromatic heterocycles. The lowest BCUT2D eigenvalue weighted by Gasteiger charge is -2.35. The van der Waals surface area contributed by atoms with Gasteiger partial charge in [0.25, 0.3) is 11.6 Å². The van der Waals surface area contributed by atoms with Crippen molar-refractivity contribution in [1.29, 1.82) is 0 Å². The zero-order valence-electron chi connectivity index (χ0n) is 14.2. The molecule has 0 unspecified atom stereocenters. The van der Waals surface area contributed by atoms with Gasteiger partial charge in [0.15, 0.2) is 0 Å². The molecule has 0 saturated carbocycles. The summed E-state index contributed by atoms with van der Waals surface area (Å²) in [4.78, 5) is 26.6. The van der Waals surface area contributed by atoms with Crippen LogP contribution >= 0.6 is 23.2 Å². The Balaban J connectivity index is 1.65. The molecule has 6 nitrogen and oxygen atoms in total. The van der Waals surface area contributed by atoms with Crippen molar-refractivity contribution in [2.45, 2.75) is 6.54 Å². The van der Waals surface area contributed by atoms with E-state index in [1.54, 1.807) is 17.0 Å². The van der Waals surface area contributed by atoms with E-state index in [0.29, 0.717) is 43.3 Å². The van der Waals surface area contributed by atoms with E-state index >= 15 is 0 Å². The molecule has 0 aliphatic carbocycles. The van der Waals surface area contributed by atoms with Crippen LogP contribution in [0.4, 0.5) is 10.1 Å². The number of nitrogens with zero attached hydrogens (tertiary/aromatic N) is 3. The molecule has 9 heteroatoms. The Kier molecular flexibility index (Phi) is 5.94. The zero-order chi connectivity index (χ0) is 19.6. The topological polar surface area (TPSA) is 66.7 Å². The van der Waals surface area contributed by atoms with Gasteiger partial charge >= 0.3 is 0 Å². The van der Waals surface area contributed by atoms with E-state index in [9.17, 15) is 19.3 Å². The third kappa shape index (κ3) is 4.37. The quantitative estimate of drug-likeness (QED) is 0.563. The number of rotatable bonds is 4. The average molecular weight is 412 g/mol. The first-order valence-electron chi connectivity index (χ1n) is 8.25. The van der Waals surface area contributed by atoms with Crippen molar-refractivity contribution in [3.63, 3.8) is 0 Å². The van der Waals surface area contributed by atoms with Gasteiger partial charge in [0, 0.05) is 54.9 Å². The minimum atomic E-state index is -0.616. The summed E-state index contributed by atoms with van der Waals surface area (Å²) >= 11 is 11.9. The number of hydrogen-bond donors (Lipinski definition) is 0. The van der Waals surface area contributed by atoms with Crippen LogP contribution in [0.3, 0.4) is 0 Å². The Morgan fingerprint density at radius 1 is 1.11 bits per heavy atom. The standard InChI is InChI=1S/C18H16Cl2FN3O3/c19-14-2-1-3-16(21)13(14)11-22-6-8-23(9-7-22)18(25)12-4-5-15(20)17(10-12)24(26)27/h1-5,10H,6-9,11H2. The van der Waals surface area contributed by atoms with Gasteiger partial charge < -0.3 is 4.90 Å². The summed E-state index contributed by atoms with van der Waals surface area (Å²) in [6, 6.07) is 8.59. The Bertz CT molecular complexity index is 866. The van der Waals surface area contributed by atoms with E-state index in [4.69, 9.17) is 23.2 Å². The van der Waals surface area contributed by atoms with Gasteiger partial charge in [0.1, 0.15) is 10.8 Å². The molecule has 0 N–H and O–H groups in total. The fourth-order valence-corrected chi connectivity index (χ4v) is 3.39. The fourth-order valence-electron chi connectivity index (χ4n) is 2.98. The van der Waals surface area contributed by atoms with E-state index in [0.717, 1.165) is 0 Å². The monoisotopic (exact) mass is 411 g/mol.